The Morgan fingerprint density at radius 2 is 1.92 bits per heavy atom. The summed E-state index contributed by atoms with van der Waals surface area (Å²) in [5, 5.41) is 0.497. The van der Waals surface area contributed by atoms with E-state index in [2.05, 4.69) is 9.97 Å². The average Bonchev–Trinajstić information content (AvgIpc) is 2.57. The molecule has 1 aliphatic rings. The molecular formula is C15H13F4N3OS. The number of benzene rings is 1. The topological polar surface area (TPSA) is 49.0 Å². The Morgan fingerprint density at radius 1 is 1.25 bits per heavy atom. The maximum absolute atomic E-state index is 13.8. The van der Waals surface area contributed by atoms with Gasteiger partial charge >= 0.3 is 0 Å². The molecule has 0 bridgehead atoms. The van der Waals surface area contributed by atoms with E-state index in [0.717, 1.165) is 0 Å². The van der Waals surface area contributed by atoms with Gasteiger partial charge in [0, 0.05) is 37.7 Å². The molecule has 0 aliphatic carbocycles. The third-order valence-corrected chi connectivity index (χ3v) is 4.48. The second-order valence-electron chi connectivity index (χ2n) is 5.41. The Labute approximate surface area is 138 Å². The van der Waals surface area contributed by atoms with Gasteiger partial charge in [0.25, 0.3) is 5.56 Å². The lowest BCUT2D eigenvalue weighted by Gasteiger charge is -2.27. The monoisotopic (exact) mass is 359 g/mol. The Morgan fingerprint density at radius 3 is 2.54 bits per heavy atom. The van der Waals surface area contributed by atoms with Crippen LogP contribution in [0.1, 0.15) is 16.8 Å². The van der Waals surface area contributed by atoms with Gasteiger partial charge in [0.05, 0.1) is 11.3 Å². The van der Waals surface area contributed by atoms with Crippen LogP contribution < -0.4 is 5.56 Å². The van der Waals surface area contributed by atoms with Crippen molar-refractivity contribution in [3.8, 4) is 0 Å². The minimum absolute atomic E-state index is 0.101. The fourth-order valence-electron chi connectivity index (χ4n) is 2.67. The third-order valence-electron chi connectivity index (χ3n) is 3.90. The second-order valence-corrected chi connectivity index (χ2v) is 6.20. The van der Waals surface area contributed by atoms with Gasteiger partial charge in [0.15, 0.2) is 28.4 Å². The van der Waals surface area contributed by atoms with Crippen LogP contribution in [0.5, 0.6) is 0 Å². The van der Waals surface area contributed by atoms with Gasteiger partial charge in [-0.05, 0) is 6.26 Å². The predicted octanol–water partition coefficient (Wildman–Crippen LogP) is 2.61. The molecule has 24 heavy (non-hydrogen) atoms. The van der Waals surface area contributed by atoms with Crippen LogP contribution in [0.3, 0.4) is 0 Å². The van der Waals surface area contributed by atoms with Crippen molar-refractivity contribution in [3.63, 3.8) is 0 Å². The van der Waals surface area contributed by atoms with Crippen LogP contribution in [-0.2, 0) is 19.5 Å². The molecule has 1 aromatic heterocycles. The number of rotatable bonds is 3. The number of fused-ring (bicyclic) bond motifs is 1. The molecule has 0 atom stereocenters. The van der Waals surface area contributed by atoms with Crippen molar-refractivity contribution in [2.45, 2.75) is 24.7 Å². The number of hydrogen-bond acceptors (Lipinski definition) is 4. The van der Waals surface area contributed by atoms with Crippen LogP contribution in [0.25, 0.3) is 0 Å². The lowest BCUT2D eigenvalue weighted by Crippen LogP contribution is -2.36. The highest BCUT2D eigenvalue weighted by molar-refractivity contribution is 7.98. The lowest BCUT2D eigenvalue weighted by atomic mass is 10.1. The van der Waals surface area contributed by atoms with Crippen LogP contribution in [0.15, 0.2) is 16.0 Å². The molecule has 2 heterocycles. The summed E-state index contributed by atoms with van der Waals surface area (Å²) in [5.74, 6) is -5.70. The molecule has 0 unspecified atom stereocenters. The van der Waals surface area contributed by atoms with Crippen molar-refractivity contribution in [1.82, 2.24) is 14.9 Å². The molecule has 1 aliphatic heterocycles. The number of H-pyrrole nitrogens is 1. The molecule has 0 saturated carbocycles. The summed E-state index contributed by atoms with van der Waals surface area (Å²) in [7, 11) is 0. The second kappa shape index (κ2) is 6.56. The van der Waals surface area contributed by atoms with E-state index in [1.54, 1.807) is 11.2 Å². The maximum Gasteiger partial charge on any atom is 0.256 e. The largest absolute Gasteiger partial charge is 0.301 e. The number of aromatic amines is 1. The minimum atomic E-state index is -1.44. The highest BCUT2D eigenvalue weighted by Gasteiger charge is 2.25. The Bertz CT molecular complexity index is 829. The molecule has 1 N–H and O–H groups in total. The molecular weight excluding hydrogens is 346 g/mol. The Kier molecular flexibility index (Phi) is 4.64. The van der Waals surface area contributed by atoms with E-state index in [1.807, 2.05) is 0 Å². The zero-order valence-corrected chi connectivity index (χ0v) is 13.4. The molecule has 3 rings (SSSR count). The van der Waals surface area contributed by atoms with Crippen LogP contribution in [0.2, 0.25) is 0 Å². The quantitative estimate of drug-likeness (QED) is 0.396. The predicted molar refractivity (Wildman–Crippen MR) is 80.7 cm³/mol. The van der Waals surface area contributed by atoms with Crippen molar-refractivity contribution in [2.24, 2.45) is 0 Å². The van der Waals surface area contributed by atoms with Crippen molar-refractivity contribution >= 4 is 11.8 Å². The lowest BCUT2D eigenvalue weighted by molar-refractivity contribution is 0.231. The standard InChI is InChI=1S/C15H13F4N3OS/c1-24-15-20-11-2-3-22(5-7(11)14(23)21-15)6-8-12(18)9(16)4-10(17)13(8)19/h4H,2-3,5-6H2,1H3,(H,20,21,23). The fraction of sp³-hybridized carbons (Fsp3) is 0.333. The van der Waals surface area contributed by atoms with E-state index in [1.165, 1.54) is 11.8 Å². The van der Waals surface area contributed by atoms with Crippen molar-refractivity contribution < 1.29 is 17.6 Å². The first-order valence-corrected chi connectivity index (χ1v) is 8.33. The molecule has 0 amide bonds. The molecule has 0 saturated heterocycles. The Hall–Kier alpha value is -1.87. The smallest absolute Gasteiger partial charge is 0.256 e. The summed E-state index contributed by atoms with van der Waals surface area (Å²) in [4.78, 5) is 20.6. The SMILES string of the molecule is CSc1nc2c(c(=O)[nH]1)CN(Cc1c(F)c(F)cc(F)c1F)CC2. The van der Waals surface area contributed by atoms with E-state index < -0.39 is 28.8 Å². The maximum atomic E-state index is 13.8. The van der Waals surface area contributed by atoms with E-state index in [9.17, 15) is 22.4 Å². The zero-order valence-electron chi connectivity index (χ0n) is 12.6. The summed E-state index contributed by atoms with van der Waals surface area (Å²) in [6, 6.07) is 0.179. The number of hydrogen-bond donors (Lipinski definition) is 1. The van der Waals surface area contributed by atoms with Gasteiger partial charge in [-0.15, -0.1) is 0 Å². The molecule has 128 valence electrons. The van der Waals surface area contributed by atoms with E-state index in [-0.39, 0.29) is 24.7 Å². The van der Waals surface area contributed by atoms with Gasteiger partial charge in [-0.2, -0.15) is 0 Å². The fourth-order valence-corrected chi connectivity index (χ4v) is 3.07. The zero-order chi connectivity index (χ0) is 17.4. The normalized spacial score (nSPS) is 14.7. The molecule has 9 heteroatoms. The van der Waals surface area contributed by atoms with E-state index in [0.29, 0.717) is 29.4 Å². The first-order chi connectivity index (χ1) is 11.4. The third kappa shape index (κ3) is 3.05. The van der Waals surface area contributed by atoms with Crippen molar-refractivity contribution in [3.05, 3.63) is 56.5 Å². The number of nitrogens with one attached hydrogen (secondary N) is 1. The van der Waals surface area contributed by atoms with Gasteiger partial charge in [0.2, 0.25) is 0 Å². The number of aromatic nitrogens is 2. The van der Waals surface area contributed by atoms with Gasteiger partial charge in [-0.25, -0.2) is 22.5 Å². The summed E-state index contributed by atoms with van der Waals surface area (Å²) in [6.45, 7) is 0.132. The van der Waals surface area contributed by atoms with E-state index >= 15 is 0 Å². The summed E-state index contributed by atoms with van der Waals surface area (Å²) < 4.78 is 54.1. The molecule has 1 aromatic carbocycles. The molecule has 4 nitrogen and oxygen atoms in total. The molecule has 0 radical (unpaired) electrons. The molecule has 0 fully saturated rings. The van der Waals surface area contributed by atoms with Crippen LogP contribution in [0.4, 0.5) is 17.6 Å². The first kappa shape index (κ1) is 17.0. The average molecular weight is 359 g/mol. The highest BCUT2D eigenvalue weighted by atomic mass is 32.2. The molecule has 2 aromatic rings. The van der Waals surface area contributed by atoms with Gasteiger partial charge in [0.1, 0.15) is 0 Å². The number of halogens is 4. The first-order valence-electron chi connectivity index (χ1n) is 7.11. The summed E-state index contributed by atoms with van der Waals surface area (Å²) in [6.07, 6.45) is 2.19. The van der Waals surface area contributed by atoms with Crippen LogP contribution >= 0.6 is 11.8 Å². The molecule has 0 spiro atoms. The van der Waals surface area contributed by atoms with Crippen LogP contribution in [-0.4, -0.2) is 27.7 Å². The van der Waals surface area contributed by atoms with Crippen molar-refractivity contribution in [1.29, 1.82) is 0 Å². The summed E-state index contributed by atoms with van der Waals surface area (Å²) >= 11 is 1.30. The number of nitrogens with zero attached hydrogens (tertiary/aromatic N) is 2. The van der Waals surface area contributed by atoms with Crippen molar-refractivity contribution in [2.75, 3.05) is 12.8 Å². The van der Waals surface area contributed by atoms with Gasteiger partial charge in [-0.1, -0.05) is 11.8 Å². The van der Waals surface area contributed by atoms with Gasteiger partial charge < -0.3 is 4.98 Å². The number of thioether (sulfide) groups is 1. The minimum Gasteiger partial charge on any atom is -0.301 e. The highest BCUT2D eigenvalue weighted by Crippen LogP contribution is 2.23. The van der Waals surface area contributed by atoms with E-state index in [4.69, 9.17) is 0 Å². The van der Waals surface area contributed by atoms with Gasteiger partial charge in [-0.3, -0.25) is 9.69 Å². The summed E-state index contributed by atoms with van der Waals surface area (Å²) in [5.41, 5.74) is 0.0314. The Balaban J connectivity index is 1.89. The van der Waals surface area contributed by atoms with Crippen LogP contribution in [0, 0.1) is 23.3 Å².